The van der Waals surface area contributed by atoms with E-state index >= 15 is 0 Å². The number of fused-ring (bicyclic) bond motifs is 1. The predicted octanol–water partition coefficient (Wildman–Crippen LogP) is 3.13. The number of aromatic nitrogens is 1. The lowest BCUT2D eigenvalue weighted by Crippen LogP contribution is -2.14. The summed E-state index contributed by atoms with van der Waals surface area (Å²) in [6.07, 6.45) is 2.46. The molecule has 0 unspecified atom stereocenters. The molecule has 2 aromatic rings. The van der Waals surface area contributed by atoms with Gasteiger partial charge in [0.1, 0.15) is 5.52 Å². The number of para-hydroxylation sites is 2. The van der Waals surface area contributed by atoms with Gasteiger partial charge in [-0.25, -0.2) is 9.78 Å². The number of esters is 1. The Balaban J connectivity index is 1.73. The number of hydrogen-bond donors (Lipinski definition) is 0. The summed E-state index contributed by atoms with van der Waals surface area (Å²) >= 11 is 0. The fourth-order valence-corrected chi connectivity index (χ4v) is 2.07. The molecule has 20 heavy (non-hydrogen) atoms. The molecule has 0 N–H and O–H groups in total. The molecule has 5 heteroatoms. The number of benzene rings is 1. The van der Waals surface area contributed by atoms with Gasteiger partial charge in [0.2, 0.25) is 5.89 Å². The summed E-state index contributed by atoms with van der Waals surface area (Å²) in [5, 5.41) is 0. The molecule has 0 radical (unpaired) electrons. The SMILES string of the molecule is C[C@@H](OC(=O)C1=COCCC1)c1nc2ccccc2o1. The molecule has 0 spiro atoms. The van der Waals surface area contributed by atoms with Gasteiger partial charge in [0.25, 0.3) is 0 Å². The average molecular weight is 273 g/mol. The van der Waals surface area contributed by atoms with Crippen molar-refractivity contribution in [2.24, 2.45) is 0 Å². The van der Waals surface area contributed by atoms with E-state index in [1.165, 1.54) is 6.26 Å². The Bertz CT molecular complexity index is 626. The van der Waals surface area contributed by atoms with E-state index < -0.39 is 6.10 Å². The fraction of sp³-hybridized carbons (Fsp3) is 0.333. The van der Waals surface area contributed by atoms with Gasteiger partial charge in [-0.15, -0.1) is 0 Å². The van der Waals surface area contributed by atoms with Crippen LogP contribution in [0.1, 0.15) is 31.8 Å². The van der Waals surface area contributed by atoms with Crippen molar-refractivity contribution in [1.29, 1.82) is 0 Å². The monoisotopic (exact) mass is 273 g/mol. The van der Waals surface area contributed by atoms with Crippen LogP contribution in [0.3, 0.4) is 0 Å². The largest absolute Gasteiger partial charge is 0.501 e. The number of oxazole rings is 1. The molecule has 1 atom stereocenters. The van der Waals surface area contributed by atoms with Crippen LogP contribution in [0, 0.1) is 0 Å². The van der Waals surface area contributed by atoms with E-state index in [-0.39, 0.29) is 5.97 Å². The maximum absolute atomic E-state index is 12.0. The van der Waals surface area contributed by atoms with Gasteiger partial charge in [0.15, 0.2) is 11.7 Å². The molecule has 3 rings (SSSR count). The maximum atomic E-state index is 12.0. The molecule has 104 valence electrons. The molecule has 0 fully saturated rings. The summed E-state index contributed by atoms with van der Waals surface area (Å²) in [5.41, 5.74) is 2.00. The Labute approximate surface area is 116 Å². The zero-order chi connectivity index (χ0) is 13.9. The van der Waals surface area contributed by atoms with Crippen molar-refractivity contribution in [2.45, 2.75) is 25.9 Å². The van der Waals surface area contributed by atoms with Crippen LogP contribution < -0.4 is 0 Å². The third-order valence-electron chi connectivity index (χ3n) is 3.14. The summed E-state index contributed by atoms with van der Waals surface area (Å²) in [6.45, 7) is 2.39. The second kappa shape index (κ2) is 5.36. The van der Waals surface area contributed by atoms with E-state index in [1.54, 1.807) is 6.92 Å². The molecule has 0 saturated heterocycles. The van der Waals surface area contributed by atoms with Crippen molar-refractivity contribution < 1.29 is 18.7 Å². The molecule has 2 heterocycles. The Morgan fingerprint density at radius 3 is 3.00 bits per heavy atom. The quantitative estimate of drug-likeness (QED) is 0.804. The van der Waals surface area contributed by atoms with Crippen LogP contribution in [0.2, 0.25) is 0 Å². The van der Waals surface area contributed by atoms with Gasteiger partial charge in [-0.3, -0.25) is 0 Å². The van der Waals surface area contributed by atoms with Gasteiger partial charge in [0, 0.05) is 0 Å². The number of rotatable bonds is 3. The van der Waals surface area contributed by atoms with Gasteiger partial charge in [-0.2, -0.15) is 0 Å². The minimum absolute atomic E-state index is 0.376. The van der Waals surface area contributed by atoms with Crippen LogP contribution in [0.4, 0.5) is 0 Å². The number of carbonyl (C=O) groups is 1. The summed E-state index contributed by atoms with van der Waals surface area (Å²) in [6, 6.07) is 7.44. The summed E-state index contributed by atoms with van der Waals surface area (Å²) < 4.78 is 16.1. The van der Waals surface area contributed by atoms with Gasteiger partial charge in [-0.1, -0.05) is 12.1 Å². The van der Waals surface area contributed by atoms with Crippen molar-refractivity contribution in [1.82, 2.24) is 4.98 Å². The number of ether oxygens (including phenoxy) is 2. The first-order valence-corrected chi connectivity index (χ1v) is 6.61. The average Bonchev–Trinajstić information content (AvgIpc) is 2.92. The minimum Gasteiger partial charge on any atom is -0.501 e. The molecular formula is C15H15NO4. The lowest BCUT2D eigenvalue weighted by Gasteiger charge is -2.15. The highest BCUT2D eigenvalue weighted by atomic mass is 16.6. The normalized spacial score (nSPS) is 16.4. The topological polar surface area (TPSA) is 61.6 Å². The van der Waals surface area contributed by atoms with Crippen LogP contribution in [0.15, 0.2) is 40.5 Å². The summed E-state index contributed by atoms with van der Waals surface area (Å²) in [4.78, 5) is 16.3. The first-order chi connectivity index (χ1) is 9.74. The number of hydrogen-bond acceptors (Lipinski definition) is 5. The van der Waals surface area contributed by atoms with Crippen LogP contribution in [0.5, 0.6) is 0 Å². The van der Waals surface area contributed by atoms with Crippen molar-refractivity contribution >= 4 is 17.1 Å². The van der Waals surface area contributed by atoms with E-state index in [4.69, 9.17) is 13.9 Å². The Morgan fingerprint density at radius 2 is 2.25 bits per heavy atom. The van der Waals surface area contributed by atoms with E-state index in [2.05, 4.69) is 4.98 Å². The predicted molar refractivity (Wildman–Crippen MR) is 71.8 cm³/mol. The smallest absolute Gasteiger partial charge is 0.337 e. The van der Waals surface area contributed by atoms with Gasteiger partial charge in [0.05, 0.1) is 18.4 Å². The second-order valence-corrected chi connectivity index (χ2v) is 4.68. The summed E-state index contributed by atoms with van der Waals surface area (Å²) in [7, 11) is 0. The fourth-order valence-electron chi connectivity index (χ4n) is 2.07. The zero-order valence-electron chi connectivity index (χ0n) is 11.2. The van der Waals surface area contributed by atoms with E-state index in [0.717, 1.165) is 11.9 Å². The molecule has 1 aromatic carbocycles. The van der Waals surface area contributed by atoms with Gasteiger partial charge >= 0.3 is 5.97 Å². The second-order valence-electron chi connectivity index (χ2n) is 4.68. The molecule has 0 saturated carbocycles. The molecule has 1 aliphatic heterocycles. The van der Waals surface area contributed by atoms with E-state index in [0.29, 0.717) is 30.1 Å². The van der Waals surface area contributed by atoms with Crippen LogP contribution in [0.25, 0.3) is 11.1 Å². The third-order valence-corrected chi connectivity index (χ3v) is 3.14. The Hall–Kier alpha value is -2.30. The molecular weight excluding hydrogens is 258 g/mol. The van der Waals surface area contributed by atoms with Crippen molar-refractivity contribution in [3.05, 3.63) is 42.0 Å². The standard InChI is InChI=1S/C15H15NO4/c1-10(19-15(17)11-5-4-8-18-9-11)14-16-12-6-2-3-7-13(12)20-14/h2-3,6-7,9-10H,4-5,8H2,1H3/t10-/m1/s1. The lowest BCUT2D eigenvalue weighted by molar-refractivity contribution is -0.145. The van der Waals surface area contributed by atoms with E-state index in [1.807, 2.05) is 24.3 Å². The van der Waals surface area contributed by atoms with Crippen molar-refractivity contribution in [3.63, 3.8) is 0 Å². The highest BCUT2D eigenvalue weighted by Crippen LogP contribution is 2.24. The van der Waals surface area contributed by atoms with Gasteiger partial charge < -0.3 is 13.9 Å². The number of nitrogens with zero attached hydrogens (tertiary/aromatic N) is 1. The Kier molecular flexibility index (Phi) is 3.41. The third kappa shape index (κ3) is 2.52. The number of carbonyl (C=O) groups excluding carboxylic acids is 1. The van der Waals surface area contributed by atoms with Crippen LogP contribution in [-0.4, -0.2) is 17.6 Å². The maximum Gasteiger partial charge on any atom is 0.337 e. The molecule has 0 bridgehead atoms. The van der Waals surface area contributed by atoms with Crippen molar-refractivity contribution in [2.75, 3.05) is 6.61 Å². The molecule has 1 aliphatic rings. The lowest BCUT2D eigenvalue weighted by atomic mass is 10.1. The first kappa shape index (κ1) is 12.7. The van der Waals surface area contributed by atoms with E-state index in [9.17, 15) is 4.79 Å². The molecule has 0 aliphatic carbocycles. The Morgan fingerprint density at radius 1 is 1.40 bits per heavy atom. The molecule has 0 amide bonds. The minimum atomic E-state index is -0.530. The first-order valence-electron chi connectivity index (χ1n) is 6.61. The van der Waals surface area contributed by atoms with Crippen LogP contribution in [-0.2, 0) is 14.3 Å². The highest BCUT2D eigenvalue weighted by Gasteiger charge is 2.21. The molecule has 5 nitrogen and oxygen atoms in total. The van der Waals surface area contributed by atoms with Gasteiger partial charge in [-0.05, 0) is 31.9 Å². The zero-order valence-corrected chi connectivity index (χ0v) is 11.2. The molecule has 1 aromatic heterocycles. The van der Waals surface area contributed by atoms with Crippen molar-refractivity contribution in [3.8, 4) is 0 Å². The summed E-state index contributed by atoms with van der Waals surface area (Å²) in [5.74, 6) is 0.0244. The van der Waals surface area contributed by atoms with Crippen LogP contribution >= 0.6 is 0 Å². The highest BCUT2D eigenvalue weighted by molar-refractivity contribution is 5.88.